The Morgan fingerprint density at radius 3 is 2.59 bits per heavy atom. The number of carbonyl (C=O) groups is 1. The van der Waals surface area contributed by atoms with Crippen LogP contribution < -0.4 is 0 Å². The molecule has 3 rings (SSSR count). The number of piperidine rings is 1. The molecule has 1 spiro atoms. The lowest BCUT2D eigenvalue weighted by Gasteiger charge is -2.45. The van der Waals surface area contributed by atoms with Gasteiger partial charge in [0.05, 0.1) is 6.20 Å². The van der Waals surface area contributed by atoms with Crippen molar-refractivity contribution >= 4 is 5.91 Å². The van der Waals surface area contributed by atoms with Gasteiger partial charge in [-0.2, -0.15) is 5.10 Å². The summed E-state index contributed by atoms with van der Waals surface area (Å²) in [7, 11) is 1.96. The number of nitrogens with zero attached hydrogens (tertiary/aromatic N) is 4. The normalized spacial score (nSPS) is 22.2. The van der Waals surface area contributed by atoms with Crippen LogP contribution in [0.2, 0.25) is 0 Å². The summed E-state index contributed by atoms with van der Waals surface area (Å²) in [5.74, 6) is 0.918. The minimum absolute atomic E-state index is 0.146. The maximum atomic E-state index is 12.3. The van der Waals surface area contributed by atoms with Gasteiger partial charge < -0.3 is 4.90 Å². The molecule has 0 radical (unpaired) electrons. The Labute approximate surface area is 133 Å². The Hall–Kier alpha value is -1.36. The van der Waals surface area contributed by atoms with Crippen molar-refractivity contribution in [3.05, 3.63) is 18.0 Å². The average molecular weight is 304 g/mol. The number of likely N-dealkylation sites (tertiary alicyclic amines) is 2. The molecule has 0 aromatic carbocycles. The average Bonchev–Trinajstić information content (AvgIpc) is 3.00. The van der Waals surface area contributed by atoms with Gasteiger partial charge in [0.1, 0.15) is 0 Å². The number of hydrogen-bond acceptors (Lipinski definition) is 3. The zero-order valence-corrected chi connectivity index (χ0v) is 14.1. The Morgan fingerprint density at radius 1 is 1.27 bits per heavy atom. The Bertz CT molecular complexity index is 529. The number of hydrogen-bond donors (Lipinski definition) is 0. The molecule has 5 nitrogen and oxygen atoms in total. The molecule has 22 heavy (non-hydrogen) atoms. The van der Waals surface area contributed by atoms with Crippen molar-refractivity contribution in [2.75, 3.05) is 19.6 Å². The van der Waals surface area contributed by atoms with Crippen molar-refractivity contribution in [3.8, 4) is 0 Å². The third-order valence-electron chi connectivity index (χ3n) is 5.18. The van der Waals surface area contributed by atoms with E-state index in [0.717, 1.165) is 51.9 Å². The van der Waals surface area contributed by atoms with E-state index in [9.17, 15) is 4.79 Å². The first-order valence-electron chi connectivity index (χ1n) is 8.49. The fourth-order valence-corrected chi connectivity index (χ4v) is 3.99. The van der Waals surface area contributed by atoms with Crippen LogP contribution in [-0.2, 0) is 18.4 Å². The summed E-state index contributed by atoms with van der Waals surface area (Å²) in [5, 5.41) is 4.24. The van der Waals surface area contributed by atoms with Crippen LogP contribution in [0.5, 0.6) is 0 Å². The smallest absolute Gasteiger partial charge is 0.223 e. The molecular weight excluding hydrogens is 276 g/mol. The highest BCUT2D eigenvalue weighted by Gasteiger charge is 2.46. The largest absolute Gasteiger partial charge is 0.337 e. The molecule has 1 aromatic heterocycles. The fourth-order valence-electron chi connectivity index (χ4n) is 3.99. The van der Waals surface area contributed by atoms with Crippen LogP contribution in [0, 0.1) is 5.92 Å². The lowest BCUT2D eigenvalue weighted by molar-refractivity contribution is -0.133. The Morgan fingerprint density at radius 2 is 2.00 bits per heavy atom. The topological polar surface area (TPSA) is 41.4 Å². The van der Waals surface area contributed by atoms with Crippen molar-refractivity contribution in [2.24, 2.45) is 13.0 Å². The summed E-state index contributed by atoms with van der Waals surface area (Å²) in [6.45, 7) is 8.46. The quantitative estimate of drug-likeness (QED) is 0.855. The first-order chi connectivity index (χ1) is 10.5. The van der Waals surface area contributed by atoms with Crippen LogP contribution >= 0.6 is 0 Å². The number of amides is 1. The summed E-state index contributed by atoms with van der Waals surface area (Å²) in [6, 6.07) is 0. The summed E-state index contributed by atoms with van der Waals surface area (Å²) >= 11 is 0. The van der Waals surface area contributed by atoms with Gasteiger partial charge in [-0.15, -0.1) is 0 Å². The van der Waals surface area contributed by atoms with Crippen molar-refractivity contribution in [1.82, 2.24) is 19.6 Å². The molecule has 3 heterocycles. The lowest BCUT2D eigenvalue weighted by Crippen LogP contribution is -2.53. The van der Waals surface area contributed by atoms with Crippen LogP contribution in [0.3, 0.4) is 0 Å². The maximum Gasteiger partial charge on any atom is 0.223 e. The van der Waals surface area contributed by atoms with E-state index >= 15 is 0 Å². The predicted octanol–water partition coefficient (Wildman–Crippen LogP) is 2.03. The van der Waals surface area contributed by atoms with E-state index in [2.05, 4.69) is 34.9 Å². The zero-order chi connectivity index (χ0) is 15.7. The van der Waals surface area contributed by atoms with Crippen LogP contribution in [0.1, 0.15) is 45.1 Å². The second-order valence-electron chi connectivity index (χ2n) is 7.42. The Balaban J connectivity index is 1.61. The third kappa shape index (κ3) is 3.05. The number of aryl methyl sites for hydroxylation is 1. The van der Waals surface area contributed by atoms with E-state index in [1.165, 1.54) is 5.56 Å². The molecule has 0 atom stereocenters. The molecule has 0 aliphatic carbocycles. The summed E-state index contributed by atoms with van der Waals surface area (Å²) < 4.78 is 1.86. The molecule has 0 unspecified atom stereocenters. The van der Waals surface area contributed by atoms with Gasteiger partial charge >= 0.3 is 0 Å². The summed E-state index contributed by atoms with van der Waals surface area (Å²) in [5.41, 5.74) is 1.42. The molecular formula is C17H28N4O. The van der Waals surface area contributed by atoms with E-state index in [-0.39, 0.29) is 5.54 Å². The van der Waals surface area contributed by atoms with Crippen LogP contribution in [0.15, 0.2) is 12.4 Å². The van der Waals surface area contributed by atoms with E-state index < -0.39 is 0 Å². The van der Waals surface area contributed by atoms with Crippen LogP contribution in [0.4, 0.5) is 0 Å². The summed E-state index contributed by atoms with van der Waals surface area (Å²) in [6.07, 6.45) is 8.08. The molecule has 2 aliphatic heterocycles. The minimum Gasteiger partial charge on any atom is -0.337 e. The zero-order valence-electron chi connectivity index (χ0n) is 14.1. The summed E-state index contributed by atoms with van der Waals surface area (Å²) in [4.78, 5) is 17.0. The maximum absolute atomic E-state index is 12.3. The highest BCUT2D eigenvalue weighted by molar-refractivity contribution is 5.79. The second kappa shape index (κ2) is 6.03. The van der Waals surface area contributed by atoms with E-state index in [1.54, 1.807) is 0 Å². The second-order valence-corrected chi connectivity index (χ2v) is 7.42. The highest BCUT2D eigenvalue weighted by Crippen LogP contribution is 2.39. The first-order valence-corrected chi connectivity index (χ1v) is 8.49. The van der Waals surface area contributed by atoms with E-state index in [1.807, 2.05) is 17.9 Å². The van der Waals surface area contributed by atoms with Gasteiger partial charge in [-0.1, -0.05) is 13.8 Å². The van der Waals surface area contributed by atoms with Gasteiger partial charge in [-0.3, -0.25) is 14.4 Å². The molecule has 2 aliphatic rings. The van der Waals surface area contributed by atoms with Gasteiger partial charge in [0.25, 0.3) is 0 Å². The van der Waals surface area contributed by atoms with Gasteiger partial charge in [-0.05, 0) is 25.2 Å². The van der Waals surface area contributed by atoms with Gasteiger partial charge in [0.2, 0.25) is 5.91 Å². The SMILES string of the molecule is CC(C)CN1C(=O)CCC12CCN(Cc1cnn(C)c1)CC2. The lowest BCUT2D eigenvalue weighted by atomic mass is 9.84. The standard InChI is InChI=1S/C17H28N4O/c1-14(2)11-21-16(22)4-5-17(21)6-8-20(9-7-17)13-15-10-18-19(3)12-15/h10,12,14H,4-9,11,13H2,1-3H3. The molecule has 2 fully saturated rings. The number of carbonyl (C=O) groups excluding carboxylic acids is 1. The van der Waals surface area contributed by atoms with Crippen LogP contribution in [0.25, 0.3) is 0 Å². The predicted molar refractivity (Wildman–Crippen MR) is 86.2 cm³/mol. The monoisotopic (exact) mass is 304 g/mol. The molecule has 122 valence electrons. The van der Waals surface area contributed by atoms with E-state index in [4.69, 9.17) is 0 Å². The van der Waals surface area contributed by atoms with Crippen molar-refractivity contribution in [3.63, 3.8) is 0 Å². The third-order valence-corrected chi connectivity index (χ3v) is 5.18. The van der Waals surface area contributed by atoms with Crippen molar-refractivity contribution < 1.29 is 4.79 Å². The minimum atomic E-state index is 0.146. The Kier molecular flexibility index (Phi) is 4.26. The van der Waals surface area contributed by atoms with E-state index in [0.29, 0.717) is 11.8 Å². The molecule has 1 amide bonds. The molecule has 5 heteroatoms. The van der Waals surface area contributed by atoms with Crippen molar-refractivity contribution in [1.29, 1.82) is 0 Å². The van der Waals surface area contributed by atoms with Gasteiger partial charge in [-0.25, -0.2) is 0 Å². The van der Waals surface area contributed by atoms with Crippen molar-refractivity contribution in [2.45, 2.75) is 51.6 Å². The molecule has 0 N–H and O–H groups in total. The number of rotatable bonds is 4. The fraction of sp³-hybridized carbons (Fsp3) is 0.765. The van der Waals surface area contributed by atoms with Crippen LogP contribution in [-0.4, -0.2) is 50.7 Å². The molecule has 1 aromatic rings. The number of aromatic nitrogens is 2. The van der Waals surface area contributed by atoms with Gasteiger partial charge in [0, 0.05) is 56.9 Å². The highest BCUT2D eigenvalue weighted by atomic mass is 16.2. The van der Waals surface area contributed by atoms with Gasteiger partial charge in [0.15, 0.2) is 0 Å². The first kappa shape index (κ1) is 15.5. The molecule has 0 saturated carbocycles. The molecule has 2 saturated heterocycles. The molecule has 0 bridgehead atoms.